The van der Waals surface area contributed by atoms with Crippen LogP contribution >= 0.6 is 11.6 Å². The second-order valence-corrected chi connectivity index (χ2v) is 8.65. The molecule has 34 heavy (non-hydrogen) atoms. The van der Waals surface area contributed by atoms with E-state index in [0.29, 0.717) is 35.4 Å². The summed E-state index contributed by atoms with van der Waals surface area (Å²) in [5.74, 6) is -0.158. The number of amides is 1. The number of carbonyl (C=O) groups is 1. The molecule has 0 saturated heterocycles. The lowest BCUT2D eigenvalue weighted by Gasteiger charge is -2.15. The number of benzene rings is 3. The number of nitrogens with zero attached hydrogens (tertiary/aromatic N) is 2. The fourth-order valence-electron chi connectivity index (χ4n) is 4.00. The second kappa shape index (κ2) is 10.5. The number of aryl methyl sites for hydroxylation is 1. The van der Waals surface area contributed by atoms with E-state index in [1.54, 1.807) is 28.8 Å². The molecule has 0 aliphatic rings. The van der Waals surface area contributed by atoms with Crippen LogP contribution < -0.4 is 16.6 Å². The number of carbonyl (C=O) groups excluding carboxylic acids is 1. The molecular formula is C27H26ClN3O3. The summed E-state index contributed by atoms with van der Waals surface area (Å²) in [6.07, 6.45) is 0.563. The Morgan fingerprint density at radius 1 is 0.882 bits per heavy atom. The average Bonchev–Trinajstić information content (AvgIpc) is 2.84. The summed E-state index contributed by atoms with van der Waals surface area (Å²) >= 11 is 6.13. The van der Waals surface area contributed by atoms with Crippen LogP contribution in [0, 0.1) is 6.92 Å². The van der Waals surface area contributed by atoms with Gasteiger partial charge in [-0.25, -0.2) is 4.79 Å². The van der Waals surface area contributed by atoms with Crippen molar-refractivity contribution in [3.05, 3.63) is 115 Å². The number of para-hydroxylation sites is 1. The molecule has 6 nitrogen and oxygen atoms in total. The maximum absolute atomic E-state index is 13.4. The first kappa shape index (κ1) is 23.5. The second-order valence-electron chi connectivity index (χ2n) is 8.24. The van der Waals surface area contributed by atoms with Crippen molar-refractivity contribution in [3.63, 3.8) is 0 Å². The molecule has 0 bridgehead atoms. The minimum atomic E-state index is -0.372. The highest BCUT2D eigenvalue weighted by Gasteiger charge is 2.14. The molecule has 0 atom stereocenters. The molecule has 1 N–H and O–H groups in total. The van der Waals surface area contributed by atoms with Crippen molar-refractivity contribution in [2.45, 2.75) is 39.4 Å². The number of hydrogen-bond donors (Lipinski definition) is 1. The molecule has 0 fully saturated rings. The molecule has 3 aromatic carbocycles. The van der Waals surface area contributed by atoms with Gasteiger partial charge >= 0.3 is 5.69 Å². The van der Waals surface area contributed by atoms with Crippen molar-refractivity contribution in [1.29, 1.82) is 0 Å². The van der Waals surface area contributed by atoms with E-state index < -0.39 is 0 Å². The Labute approximate surface area is 202 Å². The summed E-state index contributed by atoms with van der Waals surface area (Å²) in [4.78, 5) is 38.8. The third kappa shape index (κ3) is 5.13. The number of nitrogens with one attached hydrogen (secondary N) is 1. The summed E-state index contributed by atoms with van der Waals surface area (Å²) in [6, 6.07) is 22.3. The molecule has 1 aromatic heterocycles. The normalized spacial score (nSPS) is 11.0. The number of rotatable bonds is 8. The van der Waals surface area contributed by atoms with Gasteiger partial charge in [0.05, 0.1) is 17.4 Å². The van der Waals surface area contributed by atoms with Gasteiger partial charge in [-0.2, -0.15) is 0 Å². The standard InChI is InChI=1S/C27H26ClN3O3/c1-19-9-2-3-11-21(19)18-31-24-14-7-5-12-22(24)26(33)30(27(31)34)16-8-15-25(32)29-17-20-10-4-6-13-23(20)28/h2-7,9-14H,8,15-18H2,1H3,(H,29,32). The lowest BCUT2D eigenvalue weighted by molar-refractivity contribution is -0.121. The molecule has 4 aromatic rings. The number of aromatic nitrogens is 2. The van der Waals surface area contributed by atoms with Crippen molar-refractivity contribution in [1.82, 2.24) is 14.5 Å². The predicted octanol–water partition coefficient (Wildman–Crippen LogP) is 4.27. The van der Waals surface area contributed by atoms with Gasteiger partial charge in [0.25, 0.3) is 5.56 Å². The molecule has 0 spiro atoms. The van der Waals surface area contributed by atoms with Gasteiger partial charge in [0, 0.05) is 24.5 Å². The van der Waals surface area contributed by atoms with E-state index in [9.17, 15) is 14.4 Å². The fraction of sp³-hybridized carbons (Fsp3) is 0.222. The van der Waals surface area contributed by atoms with E-state index in [1.807, 2.05) is 55.5 Å². The monoisotopic (exact) mass is 475 g/mol. The predicted molar refractivity (Wildman–Crippen MR) is 135 cm³/mol. The first-order valence-electron chi connectivity index (χ1n) is 11.2. The van der Waals surface area contributed by atoms with Crippen LogP contribution in [-0.2, 0) is 24.4 Å². The van der Waals surface area contributed by atoms with E-state index in [-0.39, 0.29) is 30.1 Å². The molecule has 1 amide bonds. The number of fused-ring (bicyclic) bond motifs is 1. The largest absolute Gasteiger partial charge is 0.352 e. The van der Waals surface area contributed by atoms with Crippen LogP contribution in [0.15, 0.2) is 82.4 Å². The highest BCUT2D eigenvalue weighted by molar-refractivity contribution is 6.31. The zero-order valence-electron chi connectivity index (χ0n) is 19.0. The Bertz CT molecular complexity index is 1460. The Kier molecular flexibility index (Phi) is 7.28. The fourth-order valence-corrected chi connectivity index (χ4v) is 4.20. The summed E-state index contributed by atoms with van der Waals surface area (Å²) in [6.45, 7) is 2.86. The highest BCUT2D eigenvalue weighted by atomic mass is 35.5. The first-order valence-corrected chi connectivity index (χ1v) is 11.6. The van der Waals surface area contributed by atoms with E-state index in [2.05, 4.69) is 5.32 Å². The molecule has 0 radical (unpaired) electrons. The van der Waals surface area contributed by atoms with Crippen LogP contribution in [0.25, 0.3) is 10.9 Å². The summed E-state index contributed by atoms with van der Waals surface area (Å²) in [5.41, 5.74) is 2.82. The van der Waals surface area contributed by atoms with Crippen molar-refractivity contribution in [3.8, 4) is 0 Å². The minimum absolute atomic E-state index is 0.158. The van der Waals surface area contributed by atoms with Gasteiger partial charge in [-0.1, -0.05) is 66.2 Å². The van der Waals surface area contributed by atoms with Gasteiger partial charge in [-0.05, 0) is 48.2 Å². The average molecular weight is 476 g/mol. The van der Waals surface area contributed by atoms with Gasteiger partial charge in [0.1, 0.15) is 0 Å². The number of halogens is 1. The van der Waals surface area contributed by atoms with Gasteiger partial charge in [0.15, 0.2) is 0 Å². The van der Waals surface area contributed by atoms with Crippen molar-refractivity contribution >= 4 is 28.4 Å². The SMILES string of the molecule is Cc1ccccc1Cn1c(=O)n(CCCC(=O)NCc2ccccc2Cl)c(=O)c2ccccc21. The molecule has 1 heterocycles. The van der Waals surface area contributed by atoms with Gasteiger partial charge < -0.3 is 5.32 Å². The van der Waals surface area contributed by atoms with Crippen LogP contribution in [0.2, 0.25) is 5.02 Å². The summed E-state index contributed by atoms with van der Waals surface area (Å²) < 4.78 is 2.87. The van der Waals surface area contributed by atoms with Crippen LogP contribution in [0.5, 0.6) is 0 Å². The van der Waals surface area contributed by atoms with Crippen molar-refractivity contribution in [2.24, 2.45) is 0 Å². The minimum Gasteiger partial charge on any atom is -0.352 e. The van der Waals surface area contributed by atoms with Crippen molar-refractivity contribution in [2.75, 3.05) is 0 Å². The molecular weight excluding hydrogens is 450 g/mol. The molecule has 174 valence electrons. The van der Waals surface area contributed by atoms with Crippen LogP contribution in [0.1, 0.15) is 29.5 Å². The van der Waals surface area contributed by atoms with Crippen LogP contribution in [-0.4, -0.2) is 15.0 Å². The van der Waals surface area contributed by atoms with Crippen molar-refractivity contribution < 1.29 is 4.79 Å². The van der Waals surface area contributed by atoms with Gasteiger partial charge in [0.2, 0.25) is 5.91 Å². The molecule has 0 aliphatic heterocycles. The Hall–Kier alpha value is -3.64. The highest BCUT2D eigenvalue weighted by Crippen LogP contribution is 2.15. The Morgan fingerprint density at radius 3 is 2.32 bits per heavy atom. The quantitative estimate of drug-likeness (QED) is 0.413. The lowest BCUT2D eigenvalue weighted by Crippen LogP contribution is -2.40. The summed E-state index contributed by atoms with van der Waals surface area (Å²) in [7, 11) is 0. The van der Waals surface area contributed by atoms with Gasteiger partial charge in [-0.15, -0.1) is 0 Å². The smallest absolute Gasteiger partial charge is 0.331 e. The summed E-state index contributed by atoms with van der Waals surface area (Å²) in [5, 5.41) is 3.92. The maximum atomic E-state index is 13.4. The third-order valence-electron chi connectivity index (χ3n) is 5.94. The lowest BCUT2D eigenvalue weighted by atomic mass is 10.1. The molecule has 0 aliphatic carbocycles. The Balaban J connectivity index is 1.53. The van der Waals surface area contributed by atoms with Crippen LogP contribution in [0.3, 0.4) is 0 Å². The maximum Gasteiger partial charge on any atom is 0.331 e. The molecule has 0 unspecified atom stereocenters. The van der Waals surface area contributed by atoms with E-state index in [1.165, 1.54) is 4.57 Å². The molecule has 0 saturated carbocycles. The topological polar surface area (TPSA) is 73.1 Å². The molecule has 7 heteroatoms. The number of hydrogen-bond acceptors (Lipinski definition) is 3. The zero-order valence-corrected chi connectivity index (χ0v) is 19.7. The van der Waals surface area contributed by atoms with E-state index in [0.717, 1.165) is 16.7 Å². The molecule has 4 rings (SSSR count). The van der Waals surface area contributed by atoms with Gasteiger partial charge in [-0.3, -0.25) is 18.7 Å². The van der Waals surface area contributed by atoms with E-state index >= 15 is 0 Å². The zero-order chi connectivity index (χ0) is 24.1. The van der Waals surface area contributed by atoms with E-state index in [4.69, 9.17) is 11.6 Å². The third-order valence-corrected chi connectivity index (χ3v) is 6.31. The first-order chi connectivity index (χ1) is 16.5. The Morgan fingerprint density at radius 2 is 1.56 bits per heavy atom. The van der Waals surface area contributed by atoms with Crippen LogP contribution in [0.4, 0.5) is 0 Å².